The number of fused-ring (bicyclic) bond motifs is 3. The number of rotatable bonds is 6. The van der Waals surface area contributed by atoms with Crippen LogP contribution < -0.4 is 11.1 Å². The summed E-state index contributed by atoms with van der Waals surface area (Å²) in [5.74, 6) is 0.760. The van der Waals surface area contributed by atoms with Gasteiger partial charge in [-0.15, -0.1) is 11.3 Å². The summed E-state index contributed by atoms with van der Waals surface area (Å²) in [7, 11) is 1.60. The van der Waals surface area contributed by atoms with E-state index in [0.29, 0.717) is 24.1 Å². The summed E-state index contributed by atoms with van der Waals surface area (Å²) < 4.78 is 4.90. The fourth-order valence-corrected chi connectivity index (χ4v) is 4.71. The smallest absolute Gasteiger partial charge is 0.230 e. The Kier molecular flexibility index (Phi) is 5.34. The lowest BCUT2D eigenvalue weighted by Crippen LogP contribution is -2.28. The quantitative estimate of drug-likeness (QED) is 0.469. The van der Waals surface area contributed by atoms with Crippen molar-refractivity contribution in [3.63, 3.8) is 0 Å². The van der Waals surface area contributed by atoms with E-state index in [2.05, 4.69) is 15.3 Å². The Balaban J connectivity index is 1.71. The Hall–Kier alpha value is -1.38. The van der Waals surface area contributed by atoms with Gasteiger partial charge in [-0.3, -0.25) is 4.79 Å². The van der Waals surface area contributed by atoms with Gasteiger partial charge in [0.1, 0.15) is 10.6 Å². The van der Waals surface area contributed by atoms with E-state index in [1.807, 2.05) is 0 Å². The number of thioether (sulfide) groups is 1. The minimum Gasteiger partial charge on any atom is -0.383 e. The molecule has 0 unspecified atom stereocenters. The van der Waals surface area contributed by atoms with Crippen molar-refractivity contribution in [1.29, 1.82) is 0 Å². The van der Waals surface area contributed by atoms with Crippen molar-refractivity contribution in [3.05, 3.63) is 10.4 Å². The molecule has 2 aromatic rings. The number of thiophene rings is 1. The van der Waals surface area contributed by atoms with E-state index in [9.17, 15) is 4.79 Å². The van der Waals surface area contributed by atoms with Crippen LogP contribution in [0, 0.1) is 0 Å². The number of aromatic nitrogens is 2. The number of hydrogen-bond donors (Lipinski definition) is 2. The van der Waals surface area contributed by atoms with Gasteiger partial charge in [-0.05, 0) is 31.2 Å². The largest absolute Gasteiger partial charge is 0.383 e. The minimum atomic E-state index is -0.0557. The highest BCUT2D eigenvalue weighted by molar-refractivity contribution is 7.99. The second-order valence-corrected chi connectivity index (χ2v) is 7.44. The Morgan fingerprint density at radius 3 is 3.04 bits per heavy atom. The molecule has 0 spiro atoms. The van der Waals surface area contributed by atoms with E-state index >= 15 is 0 Å². The van der Waals surface area contributed by atoms with Crippen molar-refractivity contribution in [1.82, 2.24) is 15.3 Å². The molecule has 0 saturated carbocycles. The summed E-state index contributed by atoms with van der Waals surface area (Å²) >= 11 is 3.03. The van der Waals surface area contributed by atoms with Gasteiger partial charge in [-0.1, -0.05) is 11.8 Å². The number of aryl methyl sites for hydroxylation is 2. The molecule has 23 heavy (non-hydrogen) atoms. The summed E-state index contributed by atoms with van der Waals surface area (Å²) in [4.78, 5) is 23.0. The third-order valence-electron chi connectivity index (χ3n) is 3.78. The Bertz CT molecular complexity index is 717. The van der Waals surface area contributed by atoms with Crippen molar-refractivity contribution < 1.29 is 9.53 Å². The van der Waals surface area contributed by atoms with Gasteiger partial charge in [0, 0.05) is 18.5 Å². The lowest BCUT2D eigenvalue weighted by atomic mass is 9.97. The van der Waals surface area contributed by atoms with Crippen molar-refractivity contribution in [2.75, 3.05) is 31.7 Å². The van der Waals surface area contributed by atoms with E-state index in [0.717, 1.165) is 23.1 Å². The number of anilines is 1. The topological polar surface area (TPSA) is 90.1 Å². The molecule has 0 aromatic carbocycles. The summed E-state index contributed by atoms with van der Waals surface area (Å²) in [6.45, 7) is 1.02. The molecular formula is C15H20N4O2S2. The first kappa shape index (κ1) is 16.5. The number of nitrogens with two attached hydrogens (primary N) is 1. The summed E-state index contributed by atoms with van der Waals surface area (Å²) in [6.07, 6.45) is 4.62. The van der Waals surface area contributed by atoms with Crippen LogP contribution in [0.25, 0.3) is 10.2 Å². The van der Waals surface area contributed by atoms with Crippen LogP contribution in [-0.2, 0) is 22.4 Å². The SMILES string of the molecule is COCCNC(=O)CSc1nc(N)c2c3c(sc2n1)CCCC3. The molecular weight excluding hydrogens is 332 g/mol. The predicted molar refractivity (Wildman–Crippen MR) is 94.1 cm³/mol. The molecule has 8 heteroatoms. The highest BCUT2D eigenvalue weighted by Crippen LogP contribution is 2.38. The minimum absolute atomic E-state index is 0.0557. The third-order valence-corrected chi connectivity index (χ3v) is 5.82. The van der Waals surface area contributed by atoms with Gasteiger partial charge in [-0.2, -0.15) is 0 Å². The highest BCUT2D eigenvalue weighted by atomic mass is 32.2. The van der Waals surface area contributed by atoms with Gasteiger partial charge < -0.3 is 15.8 Å². The predicted octanol–water partition coefficient (Wildman–Crippen LogP) is 2.01. The first-order valence-corrected chi connectivity index (χ1v) is 9.45. The van der Waals surface area contributed by atoms with Crippen molar-refractivity contribution in [3.8, 4) is 0 Å². The number of nitrogens with zero attached hydrogens (tertiary/aromatic N) is 2. The van der Waals surface area contributed by atoms with Gasteiger partial charge in [0.05, 0.1) is 17.7 Å². The second-order valence-electron chi connectivity index (χ2n) is 5.41. The number of hydrogen-bond acceptors (Lipinski definition) is 7. The Labute approximate surface area is 143 Å². The highest BCUT2D eigenvalue weighted by Gasteiger charge is 2.20. The molecule has 3 N–H and O–H groups in total. The molecule has 2 aromatic heterocycles. The fraction of sp³-hybridized carbons (Fsp3) is 0.533. The zero-order valence-electron chi connectivity index (χ0n) is 13.1. The van der Waals surface area contributed by atoms with Crippen LogP contribution >= 0.6 is 23.1 Å². The number of nitrogens with one attached hydrogen (secondary N) is 1. The monoisotopic (exact) mass is 352 g/mol. The number of amides is 1. The van der Waals surface area contributed by atoms with Crippen LogP contribution in [0.15, 0.2) is 5.16 Å². The van der Waals surface area contributed by atoms with Crippen LogP contribution in [0.3, 0.4) is 0 Å². The molecule has 0 saturated heterocycles. The molecule has 0 atom stereocenters. The molecule has 0 radical (unpaired) electrons. The van der Waals surface area contributed by atoms with E-state index in [1.54, 1.807) is 18.4 Å². The molecule has 0 aliphatic heterocycles. The molecule has 6 nitrogen and oxygen atoms in total. The average Bonchev–Trinajstić information content (AvgIpc) is 2.92. The molecule has 1 aliphatic rings. The molecule has 124 valence electrons. The molecule has 3 rings (SSSR count). The van der Waals surface area contributed by atoms with Crippen LogP contribution in [0.2, 0.25) is 0 Å². The van der Waals surface area contributed by atoms with E-state index in [4.69, 9.17) is 10.5 Å². The van der Waals surface area contributed by atoms with Gasteiger partial charge in [0.15, 0.2) is 5.16 Å². The third kappa shape index (κ3) is 3.76. The van der Waals surface area contributed by atoms with Crippen LogP contribution in [0.4, 0.5) is 5.82 Å². The van der Waals surface area contributed by atoms with E-state index in [-0.39, 0.29) is 11.7 Å². The number of nitrogen functional groups attached to an aromatic ring is 1. The van der Waals surface area contributed by atoms with Crippen molar-refractivity contribution >= 4 is 45.0 Å². The maximum absolute atomic E-state index is 11.7. The van der Waals surface area contributed by atoms with Gasteiger partial charge in [0.2, 0.25) is 5.91 Å². The second kappa shape index (κ2) is 7.46. The van der Waals surface area contributed by atoms with Gasteiger partial charge in [0.25, 0.3) is 0 Å². The van der Waals surface area contributed by atoms with Crippen molar-refractivity contribution in [2.24, 2.45) is 0 Å². The summed E-state index contributed by atoms with van der Waals surface area (Å²) in [5, 5.41) is 4.37. The van der Waals surface area contributed by atoms with E-state index in [1.165, 1.54) is 35.0 Å². The van der Waals surface area contributed by atoms with Gasteiger partial charge >= 0.3 is 0 Å². The van der Waals surface area contributed by atoms with Crippen LogP contribution in [0.5, 0.6) is 0 Å². The normalized spacial score (nSPS) is 14.0. The molecule has 0 fully saturated rings. The molecule has 0 bridgehead atoms. The molecule has 1 amide bonds. The zero-order valence-corrected chi connectivity index (χ0v) is 14.7. The van der Waals surface area contributed by atoms with Gasteiger partial charge in [-0.25, -0.2) is 9.97 Å². The summed E-state index contributed by atoms with van der Waals surface area (Å²) in [6, 6.07) is 0. The van der Waals surface area contributed by atoms with E-state index < -0.39 is 0 Å². The zero-order chi connectivity index (χ0) is 16.2. The number of carbonyl (C=O) groups excluding carboxylic acids is 1. The lowest BCUT2D eigenvalue weighted by molar-refractivity contribution is -0.118. The Morgan fingerprint density at radius 2 is 2.22 bits per heavy atom. The first-order chi connectivity index (χ1) is 11.2. The lowest BCUT2D eigenvalue weighted by Gasteiger charge is -2.10. The fourth-order valence-electron chi connectivity index (χ4n) is 2.70. The number of methoxy groups -OCH3 is 1. The van der Waals surface area contributed by atoms with Crippen molar-refractivity contribution in [2.45, 2.75) is 30.8 Å². The van der Waals surface area contributed by atoms with Crippen LogP contribution in [-0.4, -0.2) is 41.9 Å². The maximum Gasteiger partial charge on any atom is 0.230 e. The van der Waals surface area contributed by atoms with Crippen LogP contribution in [0.1, 0.15) is 23.3 Å². The average molecular weight is 352 g/mol. The number of ether oxygens (including phenoxy) is 1. The first-order valence-electron chi connectivity index (χ1n) is 7.65. The molecule has 1 aliphatic carbocycles. The Morgan fingerprint density at radius 1 is 1.39 bits per heavy atom. The standard InChI is InChI=1S/C15H20N4O2S2/c1-21-7-6-17-11(20)8-22-15-18-13(16)12-9-4-2-3-5-10(9)23-14(12)19-15/h2-8H2,1H3,(H,17,20)(H2,16,18,19). The molecule has 2 heterocycles. The summed E-state index contributed by atoms with van der Waals surface area (Å²) in [5.41, 5.74) is 7.49. The number of carbonyl (C=O) groups is 1. The maximum atomic E-state index is 11.7.